The standard InChI is InChI=1S/C31H46O18S2/c1-14(2)9-21(33)47-24-23(49-51(42,43)44)22(48-50(39,40)41)18(13-32)46-26(24)45-17-11-29(4)19-6-5-16-10-30(19,25(34)15(16)3)8-7-20(29)31(12-17,27(35)36)28(37)38/h14,16-20,22-26,32,34H,3,5-13H2,1-2,4H3,(H,35,36)(H,37,38)(H,39,40,41)(H,42,43,44)/p-2/t16-,17+,18-,19+,20+,22-,23+,24-,25+,26+,29+,30-/m1/s1. The summed E-state index contributed by atoms with van der Waals surface area (Å²) in [6.07, 6.45) is -12.1. The molecule has 18 nitrogen and oxygen atoms in total. The Bertz CT molecular complexity index is 1610. The summed E-state index contributed by atoms with van der Waals surface area (Å²) in [5.41, 5.74) is -3.89. The zero-order valence-electron chi connectivity index (χ0n) is 28.2. The van der Waals surface area contributed by atoms with Crippen LogP contribution in [-0.4, -0.2) is 104 Å². The number of hydrogen-bond donors (Lipinski definition) is 4. The van der Waals surface area contributed by atoms with Crippen LogP contribution in [0.4, 0.5) is 0 Å². The van der Waals surface area contributed by atoms with Crippen LogP contribution >= 0.6 is 0 Å². The van der Waals surface area contributed by atoms with Crippen LogP contribution in [0.2, 0.25) is 0 Å². The first kappa shape index (κ1) is 39.9. The maximum absolute atomic E-state index is 13.0. The van der Waals surface area contributed by atoms with Crippen molar-refractivity contribution in [2.75, 3.05) is 6.61 Å². The first-order valence-corrected chi connectivity index (χ1v) is 19.4. The van der Waals surface area contributed by atoms with E-state index in [0.717, 1.165) is 0 Å². The number of esters is 1. The molecule has 4 N–H and O–H groups in total. The van der Waals surface area contributed by atoms with Crippen molar-refractivity contribution in [1.29, 1.82) is 0 Å². The van der Waals surface area contributed by atoms with Gasteiger partial charge in [0.25, 0.3) is 0 Å². The lowest BCUT2D eigenvalue weighted by Crippen LogP contribution is -2.70. The lowest BCUT2D eigenvalue weighted by molar-refractivity contribution is -0.364. The molecule has 5 rings (SSSR count). The Morgan fingerprint density at radius 3 is 2.10 bits per heavy atom. The van der Waals surface area contributed by atoms with Gasteiger partial charge in [-0.2, -0.15) is 16.8 Å². The molecule has 0 aromatic carbocycles. The van der Waals surface area contributed by atoms with Crippen LogP contribution < -0.4 is 10.2 Å². The molecule has 4 saturated carbocycles. The van der Waals surface area contributed by atoms with E-state index >= 15 is 0 Å². The van der Waals surface area contributed by atoms with E-state index in [4.69, 9.17) is 14.2 Å². The van der Waals surface area contributed by atoms with Crippen LogP contribution in [0.25, 0.3) is 0 Å². The Morgan fingerprint density at radius 1 is 0.941 bits per heavy atom. The minimum absolute atomic E-state index is 0.0315. The van der Waals surface area contributed by atoms with Gasteiger partial charge in [-0.15, -0.1) is 0 Å². The lowest BCUT2D eigenvalue weighted by atomic mass is 9.40. The van der Waals surface area contributed by atoms with Crippen LogP contribution in [0.15, 0.2) is 12.2 Å². The summed E-state index contributed by atoms with van der Waals surface area (Å²) in [5.74, 6) is -6.70. The Labute approximate surface area is 295 Å². The van der Waals surface area contributed by atoms with E-state index in [2.05, 4.69) is 14.9 Å². The predicted molar refractivity (Wildman–Crippen MR) is 164 cm³/mol. The molecule has 12 atom stereocenters. The fraction of sp³-hybridized carbons (Fsp3) is 0.839. The second kappa shape index (κ2) is 13.9. The maximum Gasteiger partial charge on any atom is 0.397 e. The highest BCUT2D eigenvalue weighted by Crippen LogP contribution is 2.72. The number of rotatable bonds is 12. The Morgan fingerprint density at radius 2 is 1.55 bits per heavy atom. The van der Waals surface area contributed by atoms with E-state index < -0.39 is 123 Å². The normalized spacial score (nSPS) is 40.7. The number of carboxylic acid groups (broad SMARTS) is 2. The topological polar surface area (TPSA) is 293 Å². The van der Waals surface area contributed by atoms with Crippen LogP contribution in [-0.2, 0) is 57.8 Å². The van der Waals surface area contributed by atoms with Gasteiger partial charge in [0.05, 0.1) is 36.2 Å². The summed E-state index contributed by atoms with van der Waals surface area (Å²) in [6.45, 7) is 7.91. The predicted octanol–water partition coefficient (Wildman–Crippen LogP) is -1.55. The molecule has 0 aromatic heterocycles. The van der Waals surface area contributed by atoms with Gasteiger partial charge < -0.3 is 44.2 Å². The van der Waals surface area contributed by atoms with Crippen molar-refractivity contribution in [1.82, 2.24) is 0 Å². The first-order valence-electron chi connectivity index (χ1n) is 16.7. The Hall–Kier alpha value is -2.27. The quantitative estimate of drug-likeness (QED) is 0.0575. The number of carbonyl (C=O) groups is 3. The van der Waals surface area contributed by atoms with Gasteiger partial charge in [-0.05, 0) is 79.6 Å². The summed E-state index contributed by atoms with van der Waals surface area (Å²) in [7, 11) is -11.0. The molecular weight excluding hydrogens is 724 g/mol. The molecular formula is C31H44O18S2-2. The molecule has 20 heteroatoms. The summed E-state index contributed by atoms with van der Waals surface area (Å²) in [6, 6.07) is 0. The number of aliphatic hydroxyl groups excluding tert-OH is 2. The summed E-state index contributed by atoms with van der Waals surface area (Å²) >= 11 is 0. The van der Waals surface area contributed by atoms with Gasteiger partial charge in [0, 0.05) is 11.8 Å². The van der Waals surface area contributed by atoms with Crippen molar-refractivity contribution in [2.24, 2.45) is 39.9 Å². The van der Waals surface area contributed by atoms with E-state index in [1.807, 2.05) is 0 Å². The van der Waals surface area contributed by atoms with Crippen molar-refractivity contribution < 1.29 is 83.3 Å². The number of aliphatic hydroxyl groups is 2. The number of ether oxygens (including phenoxy) is 3. The molecule has 1 aliphatic heterocycles. The summed E-state index contributed by atoms with van der Waals surface area (Å²) in [4.78, 5) is 38.9. The van der Waals surface area contributed by atoms with Crippen LogP contribution in [0, 0.1) is 39.9 Å². The third-order valence-electron chi connectivity index (χ3n) is 12.0. The van der Waals surface area contributed by atoms with E-state index in [0.29, 0.717) is 31.3 Å². The molecule has 51 heavy (non-hydrogen) atoms. The first-order chi connectivity index (χ1) is 23.5. The number of carboxylic acids is 2. The molecule has 1 spiro atoms. The average Bonchev–Trinajstić information content (AvgIpc) is 3.16. The third-order valence-corrected chi connectivity index (χ3v) is 12.9. The molecule has 1 saturated heterocycles. The molecule has 5 fully saturated rings. The van der Waals surface area contributed by atoms with Crippen LogP contribution in [0.1, 0.15) is 72.1 Å². The Balaban J connectivity index is 1.59. The third kappa shape index (κ3) is 7.20. The largest absolute Gasteiger partial charge is 0.549 e. The van der Waals surface area contributed by atoms with Gasteiger partial charge in [-0.1, -0.05) is 27.4 Å². The minimum Gasteiger partial charge on any atom is -0.549 e. The number of hydrogen-bond acceptors (Lipinski definition) is 16. The molecule has 0 unspecified atom stereocenters. The number of carbonyl (C=O) groups excluding carboxylic acids is 3. The molecule has 0 radical (unpaired) electrons. The van der Waals surface area contributed by atoms with Crippen LogP contribution in [0.5, 0.6) is 0 Å². The van der Waals surface area contributed by atoms with E-state index in [-0.39, 0.29) is 31.1 Å². The molecule has 0 amide bonds. The minimum atomic E-state index is -5.53. The highest BCUT2D eigenvalue weighted by Gasteiger charge is 2.69. The average molecular weight is 769 g/mol. The highest BCUT2D eigenvalue weighted by molar-refractivity contribution is 7.81. The second-order valence-electron chi connectivity index (χ2n) is 15.3. The lowest BCUT2D eigenvalue weighted by Gasteiger charge is -2.66. The molecule has 290 valence electrons. The van der Waals surface area contributed by atoms with E-state index in [1.165, 1.54) is 0 Å². The fourth-order valence-electron chi connectivity index (χ4n) is 10.2. The maximum atomic E-state index is 13.0. The second-order valence-corrected chi connectivity index (χ2v) is 17.4. The summed E-state index contributed by atoms with van der Waals surface area (Å²) in [5, 5.41) is 47.6. The monoisotopic (exact) mass is 768 g/mol. The highest BCUT2D eigenvalue weighted by atomic mass is 32.3. The van der Waals surface area contributed by atoms with Crippen molar-refractivity contribution in [2.45, 2.75) is 115 Å². The van der Waals surface area contributed by atoms with Gasteiger partial charge in [-0.25, -0.2) is 8.37 Å². The number of aliphatic carboxylic acids is 2. The Kier molecular flexibility index (Phi) is 10.8. The smallest absolute Gasteiger partial charge is 0.397 e. The SMILES string of the molecule is C=C1[C@@H]2CC[C@H]3[C@]4(C)C[C@H](O[C@H]5O[C@H](CO)[C@@H](OS(=O)(=O)O)[C@H](OS(=O)(=O)O)[C@H]5OC(=O)CC(C)C)CC(C(=O)[O-])(C(=O)[O-])[C@H]4CC[C@]3(C2)[C@H]1O. The molecule has 1 heterocycles. The molecule has 2 bridgehead atoms. The zero-order valence-corrected chi connectivity index (χ0v) is 29.9. The molecule has 0 aromatic rings. The van der Waals surface area contributed by atoms with Gasteiger partial charge in [0.2, 0.25) is 0 Å². The van der Waals surface area contributed by atoms with Crippen LogP contribution in [0.3, 0.4) is 0 Å². The molecule has 4 aliphatic carbocycles. The van der Waals surface area contributed by atoms with Crippen molar-refractivity contribution >= 4 is 38.7 Å². The number of fused-ring (bicyclic) bond motifs is 3. The van der Waals surface area contributed by atoms with Crippen molar-refractivity contribution in [3.05, 3.63) is 12.2 Å². The molecule has 5 aliphatic rings. The van der Waals surface area contributed by atoms with Crippen molar-refractivity contribution in [3.8, 4) is 0 Å². The fourth-order valence-corrected chi connectivity index (χ4v) is 11.2. The van der Waals surface area contributed by atoms with Gasteiger partial charge in [0.1, 0.15) is 12.2 Å². The van der Waals surface area contributed by atoms with E-state index in [1.54, 1.807) is 20.8 Å². The summed E-state index contributed by atoms with van der Waals surface area (Å²) < 4.78 is 93.2. The van der Waals surface area contributed by atoms with Gasteiger partial charge in [-0.3, -0.25) is 13.9 Å². The van der Waals surface area contributed by atoms with E-state index in [9.17, 15) is 60.8 Å². The zero-order chi connectivity index (χ0) is 38.1. The van der Waals surface area contributed by atoms with Gasteiger partial charge >= 0.3 is 26.8 Å². The van der Waals surface area contributed by atoms with Gasteiger partial charge in [0.15, 0.2) is 18.5 Å². The van der Waals surface area contributed by atoms with Crippen molar-refractivity contribution in [3.63, 3.8) is 0 Å².